The van der Waals surface area contributed by atoms with Gasteiger partial charge in [0.25, 0.3) is 0 Å². The van der Waals surface area contributed by atoms with Crippen molar-refractivity contribution in [3.05, 3.63) is 47.0 Å². The van der Waals surface area contributed by atoms with Crippen LogP contribution in [0.5, 0.6) is 23.0 Å². The number of amides is 1. The highest BCUT2D eigenvalue weighted by atomic mass is 16.7. The summed E-state index contributed by atoms with van der Waals surface area (Å²) in [6, 6.07) is 9.44. The molecule has 0 N–H and O–H groups in total. The van der Waals surface area contributed by atoms with Crippen molar-refractivity contribution in [2.24, 2.45) is 5.41 Å². The second-order valence-electron chi connectivity index (χ2n) is 11.5. The lowest BCUT2D eigenvalue weighted by Crippen LogP contribution is -2.43. The largest absolute Gasteiger partial charge is 0.493 e. The van der Waals surface area contributed by atoms with Crippen molar-refractivity contribution in [2.75, 3.05) is 20.4 Å². The monoisotopic (exact) mass is 511 g/mol. The first kappa shape index (κ1) is 26.6. The Morgan fingerprint density at radius 1 is 1.00 bits per heavy atom. The highest BCUT2D eigenvalue weighted by Gasteiger charge is 2.35. The van der Waals surface area contributed by atoms with Crippen molar-refractivity contribution in [2.45, 2.75) is 72.4 Å². The molecule has 0 unspecified atom stereocenters. The van der Waals surface area contributed by atoms with Crippen molar-refractivity contribution in [3.63, 3.8) is 0 Å². The fourth-order valence-electron chi connectivity index (χ4n) is 4.45. The molecule has 0 aliphatic carbocycles. The third-order valence-corrected chi connectivity index (χ3v) is 6.37. The van der Waals surface area contributed by atoms with E-state index < -0.39 is 11.0 Å². The van der Waals surface area contributed by atoms with E-state index in [1.807, 2.05) is 71.9 Å². The maximum Gasteiger partial charge on any atom is 0.410 e. The predicted molar refractivity (Wildman–Crippen MR) is 138 cm³/mol. The van der Waals surface area contributed by atoms with Crippen LogP contribution in [0.3, 0.4) is 0 Å². The summed E-state index contributed by atoms with van der Waals surface area (Å²) in [7, 11) is 1.55. The average molecular weight is 512 g/mol. The molecule has 1 amide bonds. The SMILES string of the molecule is COc1cc2c(cc1OC(=O)C(C)(C)C)CCN(C(=O)OC(C)(C)C)[C@H]2CCc1ccc2c(c1)OCO2. The number of nitrogens with zero attached hydrogens (tertiary/aromatic N) is 1. The average Bonchev–Trinajstić information content (AvgIpc) is 3.28. The van der Waals surface area contributed by atoms with Gasteiger partial charge in [-0.05, 0) is 102 Å². The molecule has 37 heavy (non-hydrogen) atoms. The molecule has 8 nitrogen and oxygen atoms in total. The molecule has 200 valence electrons. The summed E-state index contributed by atoms with van der Waals surface area (Å²) in [5, 5.41) is 0. The molecule has 0 spiro atoms. The summed E-state index contributed by atoms with van der Waals surface area (Å²) in [4.78, 5) is 27.6. The smallest absolute Gasteiger partial charge is 0.410 e. The van der Waals surface area contributed by atoms with Crippen LogP contribution in [0.2, 0.25) is 0 Å². The third kappa shape index (κ3) is 6.12. The number of hydrogen-bond acceptors (Lipinski definition) is 7. The molecule has 4 rings (SSSR count). The molecule has 2 aliphatic rings. The van der Waals surface area contributed by atoms with Gasteiger partial charge in [-0.25, -0.2) is 4.79 Å². The van der Waals surface area contributed by atoms with Crippen LogP contribution < -0.4 is 18.9 Å². The first-order valence-electron chi connectivity index (χ1n) is 12.7. The third-order valence-electron chi connectivity index (χ3n) is 6.37. The topological polar surface area (TPSA) is 83.5 Å². The van der Waals surface area contributed by atoms with Crippen molar-refractivity contribution in [3.8, 4) is 23.0 Å². The molecule has 8 heteroatoms. The van der Waals surface area contributed by atoms with Gasteiger partial charge in [0.1, 0.15) is 5.60 Å². The van der Waals surface area contributed by atoms with E-state index in [1.54, 1.807) is 12.0 Å². The molecule has 0 radical (unpaired) electrons. The molecule has 2 heterocycles. The number of ether oxygens (including phenoxy) is 5. The number of carbonyl (C=O) groups excluding carboxylic acids is 2. The Bertz CT molecular complexity index is 1180. The number of methoxy groups -OCH3 is 1. The Morgan fingerprint density at radius 2 is 1.73 bits per heavy atom. The number of aryl methyl sites for hydroxylation is 1. The molecule has 2 aromatic rings. The van der Waals surface area contributed by atoms with Crippen molar-refractivity contribution in [1.29, 1.82) is 0 Å². The fraction of sp³-hybridized carbons (Fsp3) is 0.517. The zero-order chi connectivity index (χ0) is 27.0. The lowest BCUT2D eigenvalue weighted by atomic mass is 9.88. The van der Waals surface area contributed by atoms with E-state index in [0.717, 1.165) is 28.2 Å². The van der Waals surface area contributed by atoms with E-state index in [-0.39, 0.29) is 24.9 Å². The Balaban J connectivity index is 1.66. The summed E-state index contributed by atoms with van der Waals surface area (Å²) in [5.41, 5.74) is 1.81. The minimum Gasteiger partial charge on any atom is -0.493 e. The molecule has 0 fully saturated rings. The quantitative estimate of drug-likeness (QED) is 0.368. The van der Waals surface area contributed by atoms with E-state index in [4.69, 9.17) is 23.7 Å². The van der Waals surface area contributed by atoms with Crippen molar-refractivity contribution >= 4 is 12.1 Å². The van der Waals surface area contributed by atoms with Crippen LogP contribution in [-0.4, -0.2) is 43.0 Å². The Morgan fingerprint density at radius 3 is 2.41 bits per heavy atom. The number of carbonyl (C=O) groups is 2. The normalized spacial score (nSPS) is 16.7. The fourth-order valence-corrected chi connectivity index (χ4v) is 4.45. The number of rotatable bonds is 5. The maximum atomic E-state index is 13.2. The summed E-state index contributed by atoms with van der Waals surface area (Å²) in [6.45, 7) is 11.7. The molecule has 2 aromatic carbocycles. The zero-order valence-electron chi connectivity index (χ0n) is 22.8. The lowest BCUT2D eigenvalue weighted by molar-refractivity contribution is -0.143. The second-order valence-corrected chi connectivity index (χ2v) is 11.5. The number of esters is 1. The number of hydrogen-bond donors (Lipinski definition) is 0. The molecule has 0 aromatic heterocycles. The predicted octanol–water partition coefficient (Wildman–Crippen LogP) is 5.84. The zero-order valence-corrected chi connectivity index (χ0v) is 22.8. The molecular formula is C29H37NO7. The summed E-state index contributed by atoms with van der Waals surface area (Å²) in [5.74, 6) is 1.98. The van der Waals surface area contributed by atoms with Gasteiger partial charge in [0.05, 0.1) is 18.6 Å². The van der Waals surface area contributed by atoms with Gasteiger partial charge >= 0.3 is 12.1 Å². The van der Waals surface area contributed by atoms with Crippen LogP contribution in [0.4, 0.5) is 4.79 Å². The second kappa shape index (κ2) is 10.1. The van der Waals surface area contributed by atoms with Crippen LogP contribution in [0.15, 0.2) is 30.3 Å². The van der Waals surface area contributed by atoms with Gasteiger partial charge < -0.3 is 28.6 Å². The lowest BCUT2D eigenvalue weighted by Gasteiger charge is -2.38. The standard InChI is InChI=1S/C29H37NO7/c1-28(2,3)26(31)36-25-15-19-12-13-30(27(32)37-29(4,5)6)21(20(19)16-23(25)33-7)10-8-18-9-11-22-24(14-18)35-17-34-22/h9,11,14-16,21H,8,10,12-13,17H2,1-7H3/t21-/m0/s1. The number of benzene rings is 2. The highest BCUT2D eigenvalue weighted by Crippen LogP contribution is 2.41. The van der Waals surface area contributed by atoms with E-state index in [0.29, 0.717) is 37.3 Å². The van der Waals surface area contributed by atoms with Crippen LogP contribution >= 0.6 is 0 Å². The van der Waals surface area contributed by atoms with Crippen molar-refractivity contribution in [1.82, 2.24) is 4.90 Å². The highest BCUT2D eigenvalue weighted by molar-refractivity contribution is 5.79. The molecule has 2 aliphatic heterocycles. The van der Waals surface area contributed by atoms with E-state index >= 15 is 0 Å². The Hall–Kier alpha value is -3.42. The molecular weight excluding hydrogens is 474 g/mol. The summed E-state index contributed by atoms with van der Waals surface area (Å²) in [6.07, 6.45) is 1.63. The maximum absolute atomic E-state index is 13.2. The van der Waals surface area contributed by atoms with Gasteiger partial charge in [-0.3, -0.25) is 4.79 Å². The van der Waals surface area contributed by atoms with Crippen LogP contribution in [0.1, 0.15) is 70.7 Å². The minimum atomic E-state index is -0.651. The first-order chi connectivity index (χ1) is 17.4. The minimum absolute atomic E-state index is 0.225. The molecule has 0 saturated heterocycles. The van der Waals surface area contributed by atoms with Gasteiger partial charge in [0.2, 0.25) is 6.79 Å². The summed E-state index contributed by atoms with van der Waals surface area (Å²) >= 11 is 0. The van der Waals surface area contributed by atoms with Crippen LogP contribution in [0.25, 0.3) is 0 Å². The van der Waals surface area contributed by atoms with E-state index in [2.05, 4.69) is 0 Å². The number of fused-ring (bicyclic) bond motifs is 2. The van der Waals surface area contributed by atoms with E-state index in [9.17, 15) is 9.59 Å². The Kier molecular flexibility index (Phi) is 7.31. The molecule has 1 atom stereocenters. The van der Waals surface area contributed by atoms with Crippen LogP contribution in [0, 0.1) is 5.41 Å². The summed E-state index contributed by atoms with van der Waals surface area (Å²) < 4.78 is 28.1. The van der Waals surface area contributed by atoms with Crippen LogP contribution in [-0.2, 0) is 22.4 Å². The molecule has 0 saturated carbocycles. The van der Waals surface area contributed by atoms with E-state index in [1.165, 1.54) is 0 Å². The van der Waals surface area contributed by atoms with Gasteiger partial charge in [0.15, 0.2) is 23.0 Å². The van der Waals surface area contributed by atoms with Gasteiger partial charge in [-0.1, -0.05) is 6.07 Å². The van der Waals surface area contributed by atoms with Crippen molar-refractivity contribution < 1.29 is 33.3 Å². The Labute approximate surface area is 218 Å². The molecule has 0 bridgehead atoms. The first-order valence-corrected chi connectivity index (χ1v) is 12.7. The van der Waals surface area contributed by atoms with Gasteiger partial charge in [0, 0.05) is 6.54 Å². The van der Waals surface area contributed by atoms with Gasteiger partial charge in [-0.15, -0.1) is 0 Å². The van der Waals surface area contributed by atoms with Gasteiger partial charge in [-0.2, -0.15) is 0 Å².